The number of amides is 1. The summed E-state index contributed by atoms with van der Waals surface area (Å²) < 4.78 is 26.4. The fraction of sp³-hybridized carbons (Fsp3) is 0.364. The van der Waals surface area contributed by atoms with Crippen LogP contribution in [0.15, 0.2) is 27.6 Å². The predicted molar refractivity (Wildman–Crippen MR) is 76.8 cm³/mol. The Morgan fingerprint density at radius 1 is 1.42 bits per heavy atom. The molecule has 0 radical (unpaired) electrons. The van der Waals surface area contributed by atoms with Crippen LogP contribution in [0.4, 0.5) is 5.69 Å². The van der Waals surface area contributed by atoms with E-state index in [4.69, 9.17) is 11.5 Å². The third-order valence-electron chi connectivity index (χ3n) is 2.43. The molecule has 0 aliphatic carbocycles. The number of anilines is 1. The van der Waals surface area contributed by atoms with E-state index in [1.54, 1.807) is 13.8 Å². The molecule has 1 rings (SSSR count). The van der Waals surface area contributed by atoms with E-state index in [-0.39, 0.29) is 17.5 Å². The molecular weight excluding hydrogens is 334 g/mol. The first-order valence-electron chi connectivity index (χ1n) is 5.51. The molecule has 0 saturated carbocycles. The van der Waals surface area contributed by atoms with Gasteiger partial charge in [-0.05, 0) is 48.0 Å². The highest BCUT2D eigenvalue weighted by molar-refractivity contribution is 9.10. The van der Waals surface area contributed by atoms with Crippen LogP contribution in [0.1, 0.15) is 13.8 Å². The number of benzene rings is 1. The molecule has 0 bridgehead atoms. The number of carbonyl (C=O) groups excluding carboxylic acids is 1. The summed E-state index contributed by atoms with van der Waals surface area (Å²) in [6.07, 6.45) is 0. The topological polar surface area (TPSA) is 106 Å². The van der Waals surface area contributed by atoms with Crippen LogP contribution in [0, 0.1) is 0 Å². The van der Waals surface area contributed by atoms with Crippen LogP contribution >= 0.6 is 15.9 Å². The molecule has 4 N–H and O–H groups in total. The number of sulfonamides is 1. The van der Waals surface area contributed by atoms with E-state index >= 15 is 0 Å². The molecule has 0 unspecified atom stereocenters. The van der Waals surface area contributed by atoms with Gasteiger partial charge in [-0.1, -0.05) is 0 Å². The summed E-state index contributed by atoms with van der Waals surface area (Å²) in [5, 5.41) is 0. The van der Waals surface area contributed by atoms with Gasteiger partial charge in [-0.25, -0.2) is 8.42 Å². The highest BCUT2D eigenvalue weighted by Crippen LogP contribution is 2.27. The van der Waals surface area contributed by atoms with Crippen LogP contribution in [0.2, 0.25) is 0 Å². The third kappa shape index (κ3) is 3.68. The zero-order valence-electron chi connectivity index (χ0n) is 10.6. The Labute approximate surface area is 120 Å². The van der Waals surface area contributed by atoms with Crippen LogP contribution in [-0.4, -0.2) is 31.2 Å². The van der Waals surface area contributed by atoms with Crippen molar-refractivity contribution in [3.63, 3.8) is 0 Å². The van der Waals surface area contributed by atoms with Gasteiger partial charge in [0.05, 0.1) is 11.4 Å². The summed E-state index contributed by atoms with van der Waals surface area (Å²) in [5.41, 5.74) is 11.1. The standard InChI is InChI=1S/C11H16BrN3O3S/c1-7(2)15(6-11(14)16)19(17,18)10-4-3-8(13)5-9(10)12/h3-5,7H,6,13H2,1-2H3,(H2,14,16). The molecule has 1 aromatic rings. The number of halogens is 1. The molecule has 19 heavy (non-hydrogen) atoms. The molecule has 0 saturated heterocycles. The average Bonchev–Trinajstić information content (AvgIpc) is 2.24. The minimum atomic E-state index is -3.81. The van der Waals surface area contributed by atoms with Crippen molar-refractivity contribution in [2.75, 3.05) is 12.3 Å². The van der Waals surface area contributed by atoms with Crippen molar-refractivity contribution in [2.24, 2.45) is 5.73 Å². The van der Waals surface area contributed by atoms with Gasteiger partial charge in [0.25, 0.3) is 0 Å². The molecule has 6 nitrogen and oxygen atoms in total. The van der Waals surface area contributed by atoms with E-state index in [9.17, 15) is 13.2 Å². The maximum atomic E-state index is 12.5. The second-order valence-corrected chi connectivity index (χ2v) is 7.01. The molecule has 0 aliphatic heterocycles. The van der Waals surface area contributed by atoms with E-state index < -0.39 is 15.9 Å². The van der Waals surface area contributed by atoms with Gasteiger partial charge in [-0.3, -0.25) is 4.79 Å². The molecule has 0 aromatic heterocycles. The van der Waals surface area contributed by atoms with Crippen molar-refractivity contribution in [3.05, 3.63) is 22.7 Å². The zero-order valence-corrected chi connectivity index (χ0v) is 13.0. The molecule has 0 aliphatic rings. The summed E-state index contributed by atoms with van der Waals surface area (Å²) >= 11 is 3.16. The van der Waals surface area contributed by atoms with Gasteiger partial charge < -0.3 is 11.5 Å². The first-order valence-corrected chi connectivity index (χ1v) is 7.74. The highest BCUT2D eigenvalue weighted by Gasteiger charge is 2.29. The molecule has 8 heteroatoms. The Hall–Kier alpha value is -1.12. The highest BCUT2D eigenvalue weighted by atomic mass is 79.9. The molecule has 0 fully saturated rings. The first-order chi connectivity index (χ1) is 8.66. The average molecular weight is 350 g/mol. The molecule has 1 aromatic carbocycles. The minimum absolute atomic E-state index is 0.0525. The van der Waals surface area contributed by atoms with E-state index in [0.29, 0.717) is 10.2 Å². The van der Waals surface area contributed by atoms with E-state index in [2.05, 4.69) is 15.9 Å². The molecule has 0 atom stereocenters. The Kier molecular flexibility index (Phi) is 4.94. The lowest BCUT2D eigenvalue weighted by atomic mass is 10.3. The number of primary amides is 1. The quantitative estimate of drug-likeness (QED) is 0.770. The Bertz CT molecular complexity index is 587. The fourth-order valence-electron chi connectivity index (χ4n) is 1.55. The third-order valence-corrected chi connectivity index (χ3v) is 5.43. The second-order valence-electron chi connectivity index (χ2n) is 4.30. The molecular formula is C11H16BrN3O3S. The van der Waals surface area contributed by atoms with Crippen molar-refractivity contribution in [2.45, 2.75) is 24.8 Å². The van der Waals surface area contributed by atoms with Crippen LogP contribution in [0.5, 0.6) is 0 Å². The molecule has 0 heterocycles. The van der Waals surface area contributed by atoms with E-state index in [1.165, 1.54) is 18.2 Å². The smallest absolute Gasteiger partial charge is 0.244 e. The first kappa shape index (κ1) is 15.9. The normalized spacial score (nSPS) is 12.1. The number of hydrogen-bond donors (Lipinski definition) is 2. The van der Waals surface area contributed by atoms with E-state index in [1.807, 2.05) is 0 Å². The van der Waals surface area contributed by atoms with Crippen LogP contribution in [0.25, 0.3) is 0 Å². The Morgan fingerprint density at radius 2 is 2.00 bits per heavy atom. The van der Waals surface area contributed by atoms with Gasteiger partial charge in [0.15, 0.2) is 0 Å². The predicted octanol–water partition coefficient (Wildman–Crippen LogP) is 0.916. The van der Waals surface area contributed by atoms with Crippen LogP contribution in [-0.2, 0) is 14.8 Å². The number of nitrogens with two attached hydrogens (primary N) is 2. The van der Waals surface area contributed by atoms with Gasteiger partial charge >= 0.3 is 0 Å². The van der Waals surface area contributed by atoms with Gasteiger partial charge in [-0.15, -0.1) is 0 Å². The monoisotopic (exact) mass is 349 g/mol. The van der Waals surface area contributed by atoms with Crippen molar-refractivity contribution < 1.29 is 13.2 Å². The van der Waals surface area contributed by atoms with Crippen molar-refractivity contribution in [1.82, 2.24) is 4.31 Å². The fourth-order valence-corrected chi connectivity index (χ4v) is 4.21. The maximum Gasteiger partial charge on any atom is 0.244 e. The summed E-state index contributed by atoms with van der Waals surface area (Å²) in [5.74, 6) is -0.705. The zero-order chi connectivity index (χ0) is 14.8. The lowest BCUT2D eigenvalue weighted by Crippen LogP contribution is -2.42. The lowest BCUT2D eigenvalue weighted by Gasteiger charge is -2.25. The summed E-state index contributed by atoms with van der Waals surface area (Å²) in [6.45, 7) is 2.98. The number of rotatable bonds is 5. The maximum absolute atomic E-state index is 12.5. The van der Waals surface area contributed by atoms with E-state index in [0.717, 1.165) is 4.31 Å². The van der Waals surface area contributed by atoms with Crippen molar-refractivity contribution in [3.8, 4) is 0 Å². The van der Waals surface area contributed by atoms with Gasteiger partial charge in [0.2, 0.25) is 15.9 Å². The Morgan fingerprint density at radius 3 is 2.42 bits per heavy atom. The SMILES string of the molecule is CC(C)N(CC(N)=O)S(=O)(=O)c1ccc(N)cc1Br. The number of carbonyl (C=O) groups is 1. The molecule has 1 amide bonds. The summed E-state index contributed by atoms with van der Waals surface area (Å²) in [4.78, 5) is 11.1. The minimum Gasteiger partial charge on any atom is -0.399 e. The lowest BCUT2D eigenvalue weighted by molar-refractivity contribution is -0.118. The van der Waals surface area contributed by atoms with Crippen molar-refractivity contribution in [1.29, 1.82) is 0 Å². The summed E-state index contributed by atoms with van der Waals surface area (Å²) in [6, 6.07) is 3.99. The number of nitrogen functional groups attached to an aromatic ring is 1. The van der Waals surface area contributed by atoms with Gasteiger partial charge in [0, 0.05) is 16.2 Å². The molecule has 0 spiro atoms. The van der Waals surface area contributed by atoms with Crippen LogP contribution < -0.4 is 11.5 Å². The van der Waals surface area contributed by atoms with Gasteiger partial charge in [0.1, 0.15) is 0 Å². The van der Waals surface area contributed by atoms with Crippen LogP contribution in [0.3, 0.4) is 0 Å². The molecule has 106 valence electrons. The second kappa shape index (κ2) is 5.89. The summed E-state index contributed by atoms with van der Waals surface area (Å²) in [7, 11) is -3.81. The number of hydrogen-bond acceptors (Lipinski definition) is 4. The van der Waals surface area contributed by atoms with Crippen molar-refractivity contribution >= 4 is 37.5 Å². The number of nitrogens with zero attached hydrogens (tertiary/aromatic N) is 1. The van der Waals surface area contributed by atoms with Gasteiger partial charge in [-0.2, -0.15) is 4.31 Å². The largest absolute Gasteiger partial charge is 0.399 e. The Balaban J connectivity index is 3.30.